The third kappa shape index (κ3) is 8.51. The molecule has 2 rings (SSSR count). The molecule has 0 aromatic carbocycles. The molecule has 0 saturated carbocycles. The van der Waals surface area contributed by atoms with E-state index >= 15 is 0 Å². The van der Waals surface area contributed by atoms with Crippen molar-refractivity contribution in [2.24, 2.45) is 5.92 Å². The molecule has 1 saturated heterocycles. The first-order chi connectivity index (χ1) is 18.8. The van der Waals surface area contributed by atoms with Crippen LogP contribution in [0.3, 0.4) is 0 Å². The molecule has 7 atom stereocenters. The minimum Gasteiger partial charge on any atom is -0.481 e. The van der Waals surface area contributed by atoms with Crippen LogP contribution in [0.5, 0.6) is 0 Å². The van der Waals surface area contributed by atoms with E-state index in [9.17, 15) is 33.9 Å². The topological polar surface area (TPSA) is 196 Å². The minimum atomic E-state index is -1.60. The average molecular weight is 573 g/mol. The van der Waals surface area contributed by atoms with Gasteiger partial charge < -0.3 is 43.0 Å². The molecule has 0 bridgehead atoms. The Kier molecular flexibility index (Phi) is 11.6. The van der Waals surface area contributed by atoms with Crippen LogP contribution >= 0.6 is 0 Å². The molecule has 0 aromatic rings. The van der Waals surface area contributed by atoms with Gasteiger partial charge in [-0.1, -0.05) is 6.08 Å². The van der Waals surface area contributed by atoms with E-state index < -0.39 is 91.8 Å². The van der Waals surface area contributed by atoms with Gasteiger partial charge in [-0.25, -0.2) is 4.79 Å². The summed E-state index contributed by atoms with van der Waals surface area (Å²) >= 11 is 0. The van der Waals surface area contributed by atoms with Crippen molar-refractivity contribution >= 4 is 35.8 Å². The molecule has 1 N–H and O–H groups in total. The first-order valence-corrected chi connectivity index (χ1v) is 12.1. The molecule has 1 fully saturated rings. The van der Waals surface area contributed by atoms with Gasteiger partial charge in [-0.05, 0) is 6.92 Å². The van der Waals surface area contributed by atoms with Crippen LogP contribution in [0.15, 0.2) is 23.5 Å². The van der Waals surface area contributed by atoms with Gasteiger partial charge in [0.1, 0.15) is 12.7 Å². The van der Waals surface area contributed by atoms with Gasteiger partial charge in [-0.3, -0.25) is 24.0 Å². The zero-order valence-electron chi connectivity index (χ0n) is 22.8. The van der Waals surface area contributed by atoms with E-state index in [1.165, 1.54) is 6.08 Å². The highest BCUT2D eigenvalue weighted by molar-refractivity contribution is 5.90. The molecule has 2 aliphatic heterocycles. The predicted octanol–water partition coefficient (Wildman–Crippen LogP) is 0.537. The Balaban J connectivity index is 2.54. The largest absolute Gasteiger partial charge is 0.481 e. The van der Waals surface area contributed by atoms with Gasteiger partial charge in [-0.15, -0.1) is 0 Å². The zero-order chi connectivity index (χ0) is 30.1. The minimum absolute atomic E-state index is 0.0839. The molecule has 0 radical (unpaired) electrons. The van der Waals surface area contributed by atoms with Crippen molar-refractivity contribution in [1.29, 1.82) is 0 Å². The quantitative estimate of drug-likeness (QED) is 0.216. The van der Waals surface area contributed by atoms with Crippen LogP contribution in [0.2, 0.25) is 0 Å². The number of carboxylic acids is 1. The van der Waals surface area contributed by atoms with Gasteiger partial charge in [0.25, 0.3) is 0 Å². The summed E-state index contributed by atoms with van der Waals surface area (Å²) < 4.78 is 43.2. The van der Waals surface area contributed by atoms with Crippen molar-refractivity contribution in [3.63, 3.8) is 0 Å². The second-order valence-corrected chi connectivity index (χ2v) is 8.68. The summed E-state index contributed by atoms with van der Waals surface area (Å²) in [5, 5.41) is 9.46. The van der Waals surface area contributed by atoms with Crippen LogP contribution in [0.1, 0.15) is 41.0 Å². The van der Waals surface area contributed by atoms with Crippen LogP contribution < -0.4 is 0 Å². The zero-order valence-corrected chi connectivity index (χ0v) is 22.8. The Hall–Kier alpha value is -3.98. The Morgan fingerprint density at radius 1 is 0.900 bits per heavy atom. The normalized spacial score (nSPS) is 28.8. The molecule has 0 aliphatic carbocycles. The Morgan fingerprint density at radius 3 is 1.98 bits per heavy atom. The first kappa shape index (κ1) is 32.2. The summed E-state index contributed by atoms with van der Waals surface area (Å²) in [4.78, 5) is 71.3. The number of methoxy groups -OCH3 is 1. The van der Waals surface area contributed by atoms with Gasteiger partial charge in [0.05, 0.1) is 25.4 Å². The standard InChI is InChI=1S/C25H32O15/c1-7-15-16(8-19(30)31)17(23(32)33-6)9-35-24(15)40-25-22(38-14(5)29)21(37-13(4)28)20(36-12(3)27)18(39-25)10-34-11(2)26/h7,9,16,18,20-22,24-25H,8,10H2,1-6H3,(H,30,31)/b15-7+/t16-,18+,20+,21-,22+,24-,25-/m0/s1. The van der Waals surface area contributed by atoms with E-state index in [0.717, 1.165) is 41.1 Å². The second kappa shape index (κ2) is 14.4. The van der Waals surface area contributed by atoms with Crippen LogP contribution in [-0.4, -0.2) is 91.6 Å². The Labute approximate surface area is 229 Å². The van der Waals surface area contributed by atoms with Gasteiger partial charge in [0, 0.05) is 39.2 Å². The maximum atomic E-state index is 12.3. The highest BCUT2D eigenvalue weighted by Gasteiger charge is 2.54. The van der Waals surface area contributed by atoms with Gasteiger partial charge in [0.2, 0.25) is 12.6 Å². The van der Waals surface area contributed by atoms with Crippen molar-refractivity contribution in [1.82, 2.24) is 0 Å². The summed E-state index contributed by atoms with van der Waals surface area (Å²) in [5.41, 5.74) is 0.109. The molecule has 0 spiro atoms. The van der Waals surface area contributed by atoms with E-state index in [2.05, 4.69) is 0 Å². The summed E-state index contributed by atoms with van der Waals surface area (Å²) in [6, 6.07) is 0. The van der Waals surface area contributed by atoms with Crippen molar-refractivity contribution < 1.29 is 71.8 Å². The van der Waals surface area contributed by atoms with Gasteiger partial charge in [-0.2, -0.15) is 0 Å². The number of rotatable bonds is 10. The van der Waals surface area contributed by atoms with E-state index in [0.29, 0.717) is 0 Å². The van der Waals surface area contributed by atoms with Crippen molar-refractivity contribution in [2.45, 2.75) is 78.0 Å². The Bertz CT molecular complexity index is 1060. The van der Waals surface area contributed by atoms with E-state index in [1.54, 1.807) is 6.92 Å². The first-order valence-electron chi connectivity index (χ1n) is 12.1. The van der Waals surface area contributed by atoms with E-state index in [-0.39, 0.29) is 11.1 Å². The lowest BCUT2D eigenvalue weighted by Gasteiger charge is -2.45. The number of ether oxygens (including phenoxy) is 8. The van der Waals surface area contributed by atoms with Gasteiger partial charge in [0.15, 0.2) is 18.3 Å². The van der Waals surface area contributed by atoms with E-state index in [1.807, 2.05) is 0 Å². The SMILES string of the molecule is C/C=C1/[C@H](O[C@@H]2O[C@H](COC(C)=O)[C@@H](OC(C)=O)[C@H](OC(C)=O)[C@H]2OC(C)=O)OC=C(C(=O)OC)[C@H]1CC(=O)O. The monoisotopic (exact) mass is 572 g/mol. The number of carboxylic acid groups (broad SMARTS) is 1. The third-order valence-corrected chi connectivity index (χ3v) is 5.71. The highest BCUT2D eigenvalue weighted by Crippen LogP contribution is 2.37. The Morgan fingerprint density at radius 2 is 1.48 bits per heavy atom. The molecule has 2 aliphatic rings. The fourth-order valence-electron chi connectivity index (χ4n) is 4.22. The molecular weight excluding hydrogens is 540 g/mol. The number of aliphatic carboxylic acids is 1. The molecule has 0 unspecified atom stereocenters. The molecule has 15 nitrogen and oxygen atoms in total. The van der Waals surface area contributed by atoms with Crippen LogP contribution in [0.4, 0.5) is 0 Å². The lowest BCUT2D eigenvalue weighted by Crippen LogP contribution is -2.63. The lowest BCUT2D eigenvalue weighted by atomic mass is 9.86. The summed E-state index contributed by atoms with van der Waals surface area (Å²) in [5.74, 6) is -6.25. The van der Waals surface area contributed by atoms with Gasteiger partial charge >= 0.3 is 35.8 Å². The third-order valence-electron chi connectivity index (χ3n) is 5.71. The molecular formula is C25H32O15. The number of hydrogen-bond acceptors (Lipinski definition) is 14. The van der Waals surface area contributed by atoms with E-state index in [4.69, 9.17) is 37.9 Å². The predicted molar refractivity (Wildman–Crippen MR) is 128 cm³/mol. The summed E-state index contributed by atoms with van der Waals surface area (Å²) in [6.07, 6.45) is -6.75. The number of esters is 5. The second-order valence-electron chi connectivity index (χ2n) is 8.68. The molecule has 0 aromatic heterocycles. The number of carbonyl (C=O) groups excluding carboxylic acids is 5. The van der Waals surface area contributed by atoms with Crippen LogP contribution in [-0.2, 0) is 66.7 Å². The lowest BCUT2D eigenvalue weighted by molar-refractivity contribution is -0.331. The highest BCUT2D eigenvalue weighted by atomic mass is 16.8. The van der Waals surface area contributed by atoms with Crippen molar-refractivity contribution in [2.75, 3.05) is 13.7 Å². The molecule has 2 heterocycles. The molecule has 15 heteroatoms. The molecule has 222 valence electrons. The summed E-state index contributed by atoms with van der Waals surface area (Å²) in [7, 11) is 1.12. The van der Waals surface area contributed by atoms with Crippen LogP contribution in [0.25, 0.3) is 0 Å². The number of hydrogen-bond donors (Lipinski definition) is 1. The number of allylic oxidation sites excluding steroid dienone is 1. The molecule has 0 amide bonds. The number of carbonyl (C=O) groups is 6. The average Bonchev–Trinajstić information content (AvgIpc) is 2.85. The fourth-order valence-corrected chi connectivity index (χ4v) is 4.22. The fraction of sp³-hybridized carbons (Fsp3) is 0.600. The van der Waals surface area contributed by atoms with Crippen LogP contribution in [0, 0.1) is 5.92 Å². The van der Waals surface area contributed by atoms with Crippen molar-refractivity contribution in [3.8, 4) is 0 Å². The maximum Gasteiger partial charge on any atom is 0.337 e. The van der Waals surface area contributed by atoms with Crippen molar-refractivity contribution in [3.05, 3.63) is 23.5 Å². The summed E-state index contributed by atoms with van der Waals surface area (Å²) in [6.45, 7) is 5.42. The maximum absolute atomic E-state index is 12.3. The molecule has 40 heavy (non-hydrogen) atoms. The smallest absolute Gasteiger partial charge is 0.337 e.